The molecule has 0 aliphatic carbocycles. The third-order valence-corrected chi connectivity index (χ3v) is 2.28. The average Bonchev–Trinajstić information content (AvgIpc) is 2.18. The van der Waals surface area contributed by atoms with Gasteiger partial charge in [-0.05, 0) is 18.4 Å². The summed E-state index contributed by atoms with van der Waals surface area (Å²) in [4.78, 5) is 12.3. The lowest BCUT2D eigenvalue weighted by Gasteiger charge is -2.27. The van der Waals surface area contributed by atoms with E-state index in [1.807, 2.05) is 0 Å². The Morgan fingerprint density at radius 2 is 2.54 bits per heavy atom. The van der Waals surface area contributed by atoms with Crippen molar-refractivity contribution in [3.63, 3.8) is 0 Å². The maximum absolute atomic E-state index is 10.5. The van der Waals surface area contributed by atoms with Gasteiger partial charge in [0, 0.05) is 13.3 Å². The van der Waals surface area contributed by atoms with Crippen LogP contribution in [0.3, 0.4) is 0 Å². The zero-order chi connectivity index (χ0) is 9.68. The van der Waals surface area contributed by atoms with Gasteiger partial charge in [0.25, 0.3) is 0 Å². The van der Waals surface area contributed by atoms with Crippen molar-refractivity contribution in [2.45, 2.75) is 19.8 Å². The van der Waals surface area contributed by atoms with Crippen LogP contribution in [-0.4, -0.2) is 31.1 Å². The highest BCUT2D eigenvalue weighted by atomic mass is 16.1. The molecule has 0 fully saturated rings. The van der Waals surface area contributed by atoms with Gasteiger partial charge >= 0.3 is 0 Å². The van der Waals surface area contributed by atoms with Crippen molar-refractivity contribution < 1.29 is 4.79 Å². The maximum Gasteiger partial charge on any atom is 0.210 e. The van der Waals surface area contributed by atoms with Gasteiger partial charge in [-0.1, -0.05) is 6.92 Å². The molecule has 0 spiro atoms. The van der Waals surface area contributed by atoms with Crippen molar-refractivity contribution in [2.75, 3.05) is 13.1 Å². The number of hydrogen-bond acceptors (Lipinski definition) is 3. The molecular formula is C9H15N3O. The first-order chi connectivity index (χ1) is 6.31. The fourth-order valence-corrected chi connectivity index (χ4v) is 1.51. The minimum atomic E-state index is 0.631. The largest absolute Gasteiger partial charge is 0.339 e. The lowest BCUT2D eigenvalue weighted by atomic mass is 10.0. The summed E-state index contributed by atoms with van der Waals surface area (Å²) in [6.45, 7) is 6.93. The molecule has 4 nitrogen and oxygen atoms in total. The molecule has 0 saturated carbocycles. The minimum absolute atomic E-state index is 0.631. The molecule has 0 aromatic rings. The maximum atomic E-state index is 10.5. The second-order valence-corrected chi connectivity index (χ2v) is 3.03. The highest BCUT2D eigenvalue weighted by molar-refractivity contribution is 5.49. The van der Waals surface area contributed by atoms with Crippen LogP contribution < -0.4 is 5.43 Å². The molecule has 0 unspecified atom stereocenters. The fourth-order valence-electron chi connectivity index (χ4n) is 1.51. The van der Waals surface area contributed by atoms with E-state index < -0.39 is 0 Å². The highest BCUT2D eigenvalue weighted by Gasteiger charge is 2.15. The number of nitrogens with one attached hydrogen (secondary N) is 1. The summed E-state index contributed by atoms with van der Waals surface area (Å²) in [5.41, 5.74) is 5.21. The van der Waals surface area contributed by atoms with E-state index in [9.17, 15) is 4.79 Å². The molecule has 72 valence electrons. The van der Waals surface area contributed by atoms with Gasteiger partial charge in [0.2, 0.25) is 6.41 Å². The molecule has 0 bridgehead atoms. The van der Waals surface area contributed by atoms with Gasteiger partial charge in [0.1, 0.15) is 0 Å². The molecule has 0 saturated heterocycles. The van der Waals surface area contributed by atoms with Crippen molar-refractivity contribution in [1.82, 2.24) is 10.3 Å². The topological polar surface area (TPSA) is 44.7 Å². The molecule has 0 aromatic carbocycles. The molecule has 1 aliphatic heterocycles. The van der Waals surface area contributed by atoms with Crippen molar-refractivity contribution in [1.29, 1.82) is 0 Å². The number of carbonyl (C=O) groups is 1. The summed E-state index contributed by atoms with van der Waals surface area (Å²) in [5, 5.41) is 3.63. The highest BCUT2D eigenvalue weighted by Crippen LogP contribution is 2.17. The molecule has 0 radical (unpaired) electrons. The summed E-state index contributed by atoms with van der Waals surface area (Å²) in [6.07, 6.45) is 2.81. The van der Waals surface area contributed by atoms with Gasteiger partial charge in [-0.3, -0.25) is 10.2 Å². The van der Waals surface area contributed by atoms with Crippen molar-refractivity contribution in [3.05, 3.63) is 11.3 Å². The first-order valence-corrected chi connectivity index (χ1v) is 4.43. The minimum Gasteiger partial charge on any atom is -0.339 e. The summed E-state index contributed by atoms with van der Waals surface area (Å²) >= 11 is 0. The Balaban J connectivity index is 2.72. The Morgan fingerprint density at radius 1 is 1.77 bits per heavy atom. The second-order valence-electron chi connectivity index (χ2n) is 3.03. The molecule has 1 heterocycles. The normalized spacial score (nSPS) is 17.2. The van der Waals surface area contributed by atoms with Crippen LogP contribution in [0.5, 0.6) is 0 Å². The average molecular weight is 181 g/mol. The van der Waals surface area contributed by atoms with E-state index in [0.29, 0.717) is 6.54 Å². The van der Waals surface area contributed by atoms with Crippen LogP contribution in [0, 0.1) is 0 Å². The Morgan fingerprint density at radius 3 is 3.08 bits per heavy atom. The van der Waals surface area contributed by atoms with Gasteiger partial charge < -0.3 is 4.90 Å². The van der Waals surface area contributed by atoms with Gasteiger partial charge in [0.15, 0.2) is 0 Å². The first kappa shape index (κ1) is 9.77. The van der Waals surface area contributed by atoms with Gasteiger partial charge in [-0.2, -0.15) is 5.10 Å². The predicted molar refractivity (Wildman–Crippen MR) is 52.3 cm³/mol. The van der Waals surface area contributed by atoms with Crippen LogP contribution in [0.4, 0.5) is 0 Å². The third kappa shape index (κ3) is 2.31. The van der Waals surface area contributed by atoms with Crippen LogP contribution in [0.1, 0.15) is 19.8 Å². The standard InChI is InChI=1S/C9H15N3O/c1-3-8-4-5-12(7-13)6-9(8)11-10-2/h7,11H,2-6H2,1H3. The molecule has 0 aromatic heterocycles. The lowest BCUT2D eigenvalue weighted by molar-refractivity contribution is -0.118. The number of amides is 1. The number of nitrogens with zero attached hydrogens (tertiary/aromatic N) is 2. The smallest absolute Gasteiger partial charge is 0.210 e. The quantitative estimate of drug-likeness (QED) is 0.394. The van der Waals surface area contributed by atoms with Gasteiger partial charge in [-0.25, -0.2) is 0 Å². The van der Waals surface area contributed by atoms with Crippen LogP contribution in [0.2, 0.25) is 0 Å². The molecule has 1 rings (SSSR count). The molecule has 13 heavy (non-hydrogen) atoms. The van der Waals surface area contributed by atoms with E-state index in [-0.39, 0.29) is 0 Å². The lowest BCUT2D eigenvalue weighted by Crippen LogP contribution is -2.34. The number of carbonyl (C=O) groups excluding carboxylic acids is 1. The van der Waals surface area contributed by atoms with E-state index in [1.165, 1.54) is 5.57 Å². The predicted octanol–water partition coefficient (Wildman–Crippen LogP) is 0.718. The second kappa shape index (κ2) is 4.64. The zero-order valence-electron chi connectivity index (χ0n) is 7.92. The Bertz CT molecular complexity index is 235. The molecule has 4 heteroatoms. The van der Waals surface area contributed by atoms with Crippen LogP contribution in [-0.2, 0) is 4.79 Å². The summed E-state index contributed by atoms with van der Waals surface area (Å²) in [5.74, 6) is 0. The molecule has 1 N–H and O–H groups in total. The fraction of sp³-hybridized carbons (Fsp3) is 0.556. The molecule has 1 aliphatic rings. The molecule has 0 atom stereocenters. The van der Waals surface area contributed by atoms with E-state index in [0.717, 1.165) is 31.5 Å². The van der Waals surface area contributed by atoms with E-state index in [1.54, 1.807) is 4.90 Å². The van der Waals surface area contributed by atoms with Crippen molar-refractivity contribution in [2.24, 2.45) is 5.10 Å². The monoisotopic (exact) mass is 181 g/mol. The zero-order valence-corrected chi connectivity index (χ0v) is 7.92. The Labute approximate surface area is 78.3 Å². The summed E-state index contributed by atoms with van der Waals surface area (Å²) in [6, 6.07) is 0. The first-order valence-electron chi connectivity index (χ1n) is 4.43. The molecular weight excluding hydrogens is 166 g/mol. The summed E-state index contributed by atoms with van der Waals surface area (Å²) in [7, 11) is 0. The number of hydrogen-bond donors (Lipinski definition) is 1. The van der Waals surface area contributed by atoms with Crippen molar-refractivity contribution in [3.8, 4) is 0 Å². The van der Waals surface area contributed by atoms with Crippen LogP contribution in [0.25, 0.3) is 0 Å². The van der Waals surface area contributed by atoms with E-state index in [4.69, 9.17) is 0 Å². The number of rotatable bonds is 4. The van der Waals surface area contributed by atoms with Gasteiger partial charge in [0.05, 0.1) is 12.2 Å². The van der Waals surface area contributed by atoms with Crippen molar-refractivity contribution >= 4 is 13.1 Å². The Hall–Kier alpha value is -1.32. The SMILES string of the molecule is C=NNC1=C(CC)CCN(C=O)C1. The molecule has 1 amide bonds. The van der Waals surface area contributed by atoms with Gasteiger partial charge in [-0.15, -0.1) is 0 Å². The van der Waals surface area contributed by atoms with Crippen LogP contribution >= 0.6 is 0 Å². The van der Waals surface area contributed by atoms with Crippen LogP contribution in [0.15, 0.2) is 16.4 Å². The third-order valence-electron chi connectivity index (χ3n) is 2.28. The number of hydrazone groups is 1. The summed E-state index contributed by atoms with van der Waals surface area (Å²) < 4.78 is 0. The van der Waals surface area contributed by atoms with E-state index >= 15 is 0 Å². The van der Waals surface area contributed by atoms with E-state index in [2.05, 4.69) is 24.2 Å². The Kier molecular flexibility index (Phi) is 3.49.